The van der Waals surface area contributed by atoms with Crippen LogP contribution in [0.15, 0.2) is 24.3 Å². The zero-order valence-corrected chi connectivity index (χ0v) is 16.2. The maximum atomic E-state index is 12.7. The quantitative estimate of drug-likeness (QED) is 0.500. The van der Waals surface area contributed by atoms with Gasteiger partial charge < -0.3 is 14.4 Å². The number of esters is 2. The molecule has 1 aromatic carbocycles. The van der Waals surface area contributed by atoms with E-state index in [1.165, 1.54) is 0 Å². The Morgan fingerprint density at radius 2 is 1.52 bits per heavy atom. The number of anilines is 1. The lowest BCUT2D eigenvalue weighted by Crippen LogP contribution is -2.50. The topological polar surface area (TPSA) is 55.8 Å². The fraction of sp³-hybridized carbons (Fsp3) is 0.600. The lowest BCUT2D eigenvalue weighted by Gasteiger charge is -2.32. The predicted octanol–water partition coefficient (Wildman–Crippen LogP) is 3.87. The van der Waals surface area contributed by atoms with E-state index in [0.29, 0.717) is 6.54 Å². The van der Waals surface area contributed by atoms with Crippen molar-refractivity contribution in [2.75, 3.05) is 11.4 Å². The highest BCUT2D eigenvalue weighted by molar-refractivity contribution is 6.02. The summed E-state index contributed by atoms with van der Waals surface area (Å²) >= 11 is 0. The number of para-hydroxylation sites is 1. The van der Waals surface area contributed by atoms with Gasteiger partial charge in [0.25, 0.3) is 0 Å². The van der Waals surface area contributed by atoms with Crippen molar-refractivity contribution in [3.63, 3.8) is 0 Å². The van der Waals surface area contributed by atoms with Gasteiger partial charge in [-0.1, -0.05) is 31.5 Å². The standard InChI is InChI=1S/C20H31NO4/c1-7-8-13-21(17-12-10-9-11-16(17)6)18(19(22)24-14(2)3)20(23)25-15(4)5/h9-12,14-15,18H,7-8,13H2,1-6H3. The number of unbranched alkanes of at least 4 members (excludes halogenated alkanes) is 1. The normalized spacial score (nSPS) is 11.1. The van der Waals surface area contributed by atoms with E-state index in [2.05, 4.69) is 6.92 Å². The molecule has 5 heteroatoms. The molecule has 25 heavy (non-hydrogen) atoms. The lowest BCUT2D eigenvalue weighted by atomic mass is 10.1. The van der Waals surface area contributed by atoms with Crippen molar-refractivity contribution in [3.8, 4) is 0 Å². The van der Waals surface area contributed by atoms with Crippen LogP contribution in [-0.2, 0) is 19.1 Å². The highest BCUT2D eigenvalue weighted by Gasteiger charge is 2.37. The molecule has 1 rings (SSSR count). The molecule has 0 unspecified atom stereocenters. The molecule has 0 aliphatic carbocycles. The van der Waals surface area contributed by atoms with E-state index in [1.807, 2.05) is 36.1 Å². The fourth-order valence-corrected chi connectivity index (χ4v) is 2.55. The molecule has 1 aromatic rings. The van der Waals surface area contributed by atoms with Gasteiger partial charge in [-0.3, -0.25) is 0 Å². The molecule has 0 aromatic heterocycles. The van der Waals surface area contributed by atoms with Crippen molar-refractivity contribution >= 4 is 17.6 Å². The summed E-state index contributed by atoms with van der Waals surface area (Å²) in [5.74, 6) is -1.14. The molecule has 0 fully saturated rings. The number of ether oxygens (including phenoxy) is 2. The van der Waals surface area contributed by atoms with Crippen LogP contribution in [0.25, 0.3) is 0 Å². The van der Waals surface area contributed by atoms with Gasteiger partial charge >= 0.3 is 11.9 Å². The van der Waals surface area contributed by atoms with Crippen molar-refractivity contribution in [1.82, 2.24) is 0 Å². The van der Waals surface area contributed by atoms with Crippen LogP contribution in [0.3, 0.4) is 0 Å². The molecule has 0 aliphatic heterocycles. The molecule has 0 heterocycles. The van der Waals surface area contributed by atoms with E-state index < -0.39 is 18.0 Å². The largest absolute Gasteiger partial charge is 0.461 e. The second-order valence-corrected chi connectivity index (χ2v) is 6.71. The number of carbonyl (C=O) groups excluding carboxylic acids is 2. The van der Waals surface area contributed by atoms with Gasteiger partial charge in [-0.25, -0.2) is 9.59 Å². The van der Waals surface area contributed by atoms with Gasteiger partial charge in [0.1, 0.15) is 0 Å². The number of rotatable bonds is 9. The summed E-state index contributed by atoms with van der Waals surface area (Å²) in [5.41, 5.74) is 1.85. The highest BCUT2D eigenvalue weighted by atomic mass is 16.6. The molecule has 0 N–H and O–H groups in total. The van der Waals surface area contributed by atoms with E-state index in [9.17, 15) is 9.59 Å². The van der Waals surface area contributed by atoms with E-state index in [4.69, 9.17) is 9.47 Å². The zero-order chi connectivity index (χ0) is 19.0. The SMILES string of the molecule is CCCCN(c1ccccc1C)C(C(=O)OC(C)C)C(=O)OC(C)C. The molecule has 0 aliphatic rings. The highest BCUT2D eigenvalue weighted by Crippen LogP contribution is 2.24. The smallest absolute Gasteiger partial charge is 0.340 e. The summed E-state index contributed by atoms with van der Waals surface area (Å²) in [5, 5.41) is 0. The number of aryl methyl sites for hydroxylation is 1. The molecule has 5 nitrogen and oxygen atoms in total. The van der Waals surface area contributed by atoms with Crippen LogP contribution >= 0.6 is 0 Å². The van der Waals surface area contributed by atoms with Gasteiger partial charge in [0.2, 0.25) is 6.04 Å². The first-order chi connectivity index (χ1) is 11.8. The molecular formula is C20H31NO4. The van der Waals surface area contributed by atoms with Crippen molar-refractivity contribution in [1.29, 1.82) is 0 Å². The average molecular weight is 349 g/mol. The van der Waals surface area contributed by atoms with E-state index >= 15 is 0 Å². The first kappa shape index (κ1) is 21.0. The number of hydrogen-bond donors (Lipinski definition) is 0. The lowest BCUT2D eigenvalue weighted by molar-refractivity contribution is -0.161. The van der Waals surface area contributed by atoms with Gasteiger partial charge in [0.05, 0.1) is 12.2 Å². The summed E-state index contributed by atoms with van der Waals surface area (Å²) in [6, 6.07) is 6.62. The van der Waals surface area contributed by atoms with E-state index in [-0.39, 0.29) is 12.2 Å². The molecule has 140 valence electrons. The maximum Gasteiger partial charge on any atom is 0.340 e. The minimum Gasteiger partial charge on any atom is -0.461 e. The minimum absolute atomic E-state index is 0.299. The molecule has 0 bridgehead atoms. The van der Waals surface area contributed by atoms with Crippen molar-refractivity contribution in [3.05, 3.63) is 29.8 Å². The fourth-order valence-electron chi connectivity index (χ4n) is 2.55. The van der Waals surface area contributed by atoms with Gasteiger partial charge in [-0.05, 0) is 52.7 Å². The average Bonchev–Trinajstić information content (AvgIpc) is 2.50. The summed E-state index contributed by atoms with van der Waals surface area (Å²) in [6.07, 6.45) is 1.21. The third kappa shape index (κ3) is 6.40. The number of carbonyl (C=O) groups is 2. The van der Waals surface area contributed by atoms with E-state index in [1.54, 1.807) is 27.7 Å². The Hall–Kier alpha value is -2.04. The van der Waals surface area contributed by atoms with Crippen LogP contribution in [0, 0.1) is 6.92 Å². The molecule has 0 atom stereocenters. The van der Waals surface area contributed by atoms with Crippen LogP contribution < -0.4 is 4.90 Å². The van der Waals surface area contributed by atoms with Gasteiger partial charge in [0.15, 0.2) is 0 Å². The molecule has 0 saturated carbocycles. The number of hydrogen-bond acceptors (Lipinski definition) is 5. The maximum absolute atomic E-state index is 12.7. The Labute approximate surface area is 151 Å². The minimum atomic E-state index is -1.10. The summed E-state index contributed by atoms with van der Waals surface area (Å²) in [7, 11) is 0. The Bertz CT molecular complexity index is 547. The monoisotopic (exact) mass is 349 g/mol. The number of benzene rings is 1. The Kier molecular flexibility index (Phi) is 8.46. The summed E-state index contributed by atoms with van der Waals surface area (Å²) in [4.78, 5) is 27.2. The number of nitrogens with zero attached hydrogens (tertiary/aromatic N) is 1. The second-order valence-electron chi connectivity index (χ2n) is 6.71. The Morgan fingerprint density at radius 3 is 1.96 bits per heavy atom. The molecule has 0 radical (unpaired) electrons. The second kappa shape index (κ2) is 10.1. The molecular weight excluding hydrogens is 318 g/mol. The van der Waals surface area contributed by atoms with Crippen molar-refractivity contribution in [2.45, 2.75) is 72.6 Å². The predicted molar refractivity (Wildman–Crippen MR) is 99.7 cm³/mol. The van der Waals surface area contributed by atoms with Crippen molar-refractivity contribution in [2.24, 2.45) is 0 Å². The Balaban J connectivity index is 3.28. The molecule has 0 spiro atoms. The van der Waals surface area contributed by atoms with Gasteiger partial charge in [-0.15, -0.1) is 0 Å². The van der Waals surface area contributed by atoms with Crippen LogP contribution in [-0.4, -0.2) is 36.7 Å². The first-order valence-corrected chi connectivity index (χ1v) is 9.01. The molecule has 0 saturated heterocycles. The van der Waals surface area contributed by atoms with Gasteiger partial charge in [0, 0.05) is 12.2 Å². The van der Waals surface area contributed by atoms with Crippen LogP contribution in [0.4, 0.5) is 5.69 Å². The zero-order valence-electron chi connectivity index (χ0n) is 16.2. The summed E-state index contributed by atoms with van der Waals surface area (Å²) < 4.78 is 10.7. The van der Waals surface area contributed by atoms with Crippen molar-refractivity contribution < 1.29 is 19.1 Å². The Morgan fingerprint density at radius 1 is 1.00 bits per heavy atom. The third-order valence-corrected chi connectivity index (χ3v) is 3.64. The molecule has 0 amide bonds. The first-order valence-electron chi connectivity index (χ1n) is 9.01. The van der Waals surface area contributed by atoms with E-state index in [0.717, 1.165) is 24.1 Å². The van der Waals surface area contributed by atoms with Crippen LogP contribution in [0.5, 0.6) is 0 Å². The summed E-state index contributed by atoms with van der Waals surface area (Å²) in [6.45, 7) is 11.7. The van der Waals surface area contributed by atoms with Gasteiger partial charge in [-0.2, -0.15) is 0 Å². The van der Waals surface area contributed by atoms with Crippen LogP contribution in [0.1, 0.15) is 53.0 Å². The third-order valence-electron chi connectivity index (χ3n) is 3.64. The van der Waals surface area contributed by atoms with Crippen LogP contribution in [0.2, 0.25) is 0 Å².